The van der Waals surface area contributed by atoms with E-state index >= 15 is 0 Å². The second-order valence-corrected chi connectivity index (χ2v) is 5.60. The predicted molar refractivity (Wildman–Crippen MR) is 74.3 cm³/mol. The Hall–Kier alpha value is -1.22. The number of hydrogen-bond donors (Lipinski definition) is 1. The van der Waals surface area contributed by atoms with E-state index in [2.05, 4.69) is 29.4 Å². The molecule has 0 aliphatic carbocycles. The lowest BCUT2D eigenvalue weighted by Crippen LogP contribution is -2.33. The molecule has 98 valence electrons. The monoisotopic (exact) mass is 246 g/mol. The fourth-order valence-corrected chi connectivity index (χ4v) is 3.53. The zero-order valence-electron chi connectivity index (χ0n) is 11.2. The minimum atomic E-state index is 0.743. The largest absolute Gasteiger partial charge is 0.495 e. The minimum Gasteiger partial charge on any atom is -0.495 e. The summed E-state index contributed by atoms with van der Waals surface area (Å²) >= 11 is 0. The molecule has 3 nitrogen and oxygen atoms in total. The maximum absolute atomic E-state index is 5.44. The number of anilines is 1. The summed E-state index contributed by atoms with van der Waals surface area (Å²) in [6.07, 6.45) is 4.07. The van der Waals surface area contributed by atoms with Gasteiger partial charge >= 0.3 is 0 Å². The molecule has 0 aromatic heterocycles. The van der Waals surface area contributed by atoms with E-state index < -0.39 is 0 Å². The standard InChI is InChI=1S/C15H22N2O/c1-17(14-5-3-4-6-15(14)18-2)10-11-9-12-7-8-13(11)16-12/h3-6,11-13,16H,7-10H2,1-2H3. The van der Waals surface area contributed by atoms with Gasteiger partial charge in [0.25, 0.3) is 0 Å². The molecule has 2 aliphatic rings. The van der Waals surface area contributed by atoms with Gasteiger partial charge in [0.1, 0.15) is 5.75 Å². The second-order valence-electron chi connectivity index (χ2n) is 5.60. The van der Waals surface area contributed by atoms with Crippen LogP contribution in [0.15, 0.2) is 24.3 Å². The van der Waals surface area contributed by atoms with Gasteiger partial charge in [-0.25, -0.2) is 0 Å². The van der Waals surface area contributed by atoms with Crippen LogP contribution in [-0.2, 0) is 0 Å². The number of ether oxygens (including phenoxy) is 1. The molecule has 2 heterocycles. The normalized spacial score (nSPS) is 29.6. The van der Waals surface area contributed by atoms with E-state index in [1.807, 2.05) is 12.1 Å². The molecule has 0 saturated carbocycles. The lowest BCUT2D eigenvalue weighted by Gasteiger charge is -2.28. The first kappa shape index (κ1) is 11.8. The molecular formula is C15H22N2O. The van der Waals surface area contributed by atoms with Gasteiger partial charge in [-0.2, -0.15) is 0 Å². The van der Waals surface area contributed by atoms with Gasteiger partial charge in [-0.1, -0.05) is 12.1 Å². The number of fused-ring (bicyclic) bond motifs is 2. The van der Waals surface area contributed by atoms with E-state index in [4.69, 9.17) is 4.74 Å². The van der Waals surface area contributed by atoms with Gasteiger partial charge in [0.15, 0.2) is 0 Å². The molecule has 0 amide bonds. The lowest BCUT2D eigenvalue weighted by atomic mass is 9.89. The Morgan fingerprint density at radius 2 is 2.17 bits per heavy atom. The molecule has 0 radical (unpaired) electrons. The third-order valence-electron chi connectivity index (χ3n) is 4.44. The Morgan fingerprint density at radius 1 is 1.33 bits per heavy atom. The van der Waals surface area contributed by atoms with Crippen molar-refractivity contribution in [3.8, 4) is 5.75 Å². The molecule has 0 spiro atoms. The van der Waals surface area contributed by atoms with Crippen molar-refractivity contribution in [1.82, 2.24) is 5.32 Å². The zero-order valence-corrected chi connectivity index (χ0v) is 11.2. The first-order chi connectivity index (χ1) is 8.78. The first-order valence-electron chi connectivity index (χ1n) is 6.88. The Balaban J connectivity index is 1.69. The number of nitrogens with one attached hydrogen (secondary N) is 1. The fourth-order valence-electron chi connectivity index (χ4n) is 3.53. The van der Waals surface area contributed by atoms with Crippen LogP contribution in [0.2, 0.25) is 0 Å². The molecule has 2 bridgehead atoms. The van der Waals surface area contributed by atoms with E-state index in [0.29, 0.717) is 0 Å². The summed E-state index contributed by atoms with van der Waals surface area (Å²) in [6.45, 7) is 1.12. The van der Waals surface area contributed by atoms with Crippen LogP contribution < -0.4 is 15.0 Å². The fraction of sp³-hybridized carbons (Fsp3) is 0.600. The molecule has 3 heteroatoms. The molecule has 2 saturated heterocycles. The molecule has 1 N–H and O–H groups in total. The molecule has 2 fully saturated rings. The molecule has 2 aliphatic heterocycles. The van der Waals surface area contributed by atoms with Crippen molar-refractivity contribution >= 4 is 5.69 Å². The minimum absolute atomic E-state index is 0.743. The molecule has 1 aromatic carbocycles. The summed E-state index contributed by atoms with van der Waals surface area (Å²) in [5.74, 6) is 1.76. The van der Waals surface area contributed by atoms with Crippen molar-refractivity contribution < 1.29 is 4.74 Å². The molecule has 3 rings (SSSR count). The maximum atomic E-state index is 5.44. The van der Waals surface area contributed by atoms with E-state index in [0.717, 1.165) is 30.3 Å². The van der Waals surface area contributed by atoms with Gasteiger partial charge in [-0.15, -0.1) is 0 Å². The maximum Gasteiger partial charge on any atom is 0.142 e. The van der Waals surface area contributed by atoms with Gasteiger partial charge in [0.2, 0.25) is 0 Å². The average molecular weight is 246 g/mol. The highest BCUT2D eigenvalue weighted by atomic mass is 16.5. The number of hydrogen-bond acceptors (Lipinski definition) is 3. The van der Waals surface area contributed by atoms with Gasteiger partial charge in [0, 0.05) is 25.7 Å². The summed E-state index contributed by atoms with van der Waals surface area (Å²) in [6, 6.07) is 9.80. The Bertz CT molecular complexity index is 421. The van der Waals surface area contributed by atoms with Crippen LogP contribution in [0.3, 0.4) is 0 Å². The summed E-state index contributed by atoms with van der Waals surface area (Å²) in [5.41, 5.74) is 1.20. The Morgan fingerprint density at radius 3 is 2.83 bits per heavy atom. The van der Waals surface area contributed by atoms with Gasteiger partial charge in [0.05, 0.1) is 12.8 Å². The van der Waals surface area contributed by atoms with Gasteiger partial charge < -0.3 is 15.0 Å². The predicted octanol–water partition coefficient (Wildman–Crippen LogP) is 2.27. The summed E-state index contributed by atoms with van der Waals surface area (Å²) in [5, 5.41) is 3.71. The SMILES string of the molecule is COc1ccccc1N(C)CC1CC2CCC1N2. The van der Waals surface area contributed by atoms with Crippen molar-refractivity contribution in [2.75, 3.05) is 25.6 Å². The van der Waals surface area contributed by atoms with Crippen LogP contribution in [0.5, 0.6) is 5.75 Å². The van der Waals surface area contributed by atoms with Crippen molar-refractivity contribution in [1.29, 1.82) is 0 Å². The third kappa shape index (κ3) is 2.07. The summed E-state index contributed by atoms with van der Waals surface area (Å²) in [7, 11) is 3.91. The molecular weight excluding hydrogens is 224 g/mol. The van der Waals surface area contributed by atoms with E-state index in [1.54, 1.807) is 7.11 Å². The van der Waals surface area contributed by atoms with Crippen molar-refractivity contribution in [2.24, 2.45) is 5.92 Å². The number of methoxy groups -OCH3 is 1. The highest BCUT2D eigenvalue weighted by Crippen LogP contribution is 2.35. The lowest BCUT2D eigenvalue weighted by molar-refractivity contribution is 0.399. The topological polar surface area (TPSA) is 24.5 Å². The molecule has 1 aromatic rings. The molecule has 3 unspecified atom stereocenters. The Kier molecular flexibility index (Phi) is 3.16. The highest BCUT2D eigenvalue weighted by Gasteiger charge is 2.39. The van der Waals surface area contributed by atoms with Crippen LogP contribution in [-0.4, -0.2) is 32.8 Å². The quantitative estimate of drug-likeness (QED) is 0.882. The van der Waals surface area contributed by atoms with Crippen molar-refractivity contribution in [3.05, 3.63) is 24.3 Å². The second kappa shape index (κ2) is 4.81. The van der Waals surface area contributed by atoms with E-state index in [9.17, 15) is 0 Å². The Labute approximate surface area is 109 Å². The number of rotatable bonds is 4. The van der Waals surface area contributed by atoms with Crippen molar-refractivity contribution in [2.45, 2.75) is 31.3 Å². The van der Waals surface area contributed by atoms with Crippen LogP contribution in [0.25, 0.3) is 0 Å². The van der Waals surface area contributed by atoms with Crippen LogP contribution in [0.4, 0.5) is 5.69 Å². The van der Waals surface area contributed by atoms with Crippen LogP contribution in [0, 0.1) is 5.92 Å². The molecule has 18 heavy (non-hydrogen) atoms. The summed E-state index contributed by atoms with van der Waals surface area (Å²) < 4.78 is 5.44. The van der Waals surface area contributed by atoms with Crippen LogP contribution >= 0.6 is 0 Å². The highest BCUT2D eigenvalue weighted by molar-refractivity contribution is 5.57. The van der Waals surface area contributed by atoms with E-state index in [1.165, 1.54) is 24.9 Å². The number of nitrogens with zero attached hydrogens (tertiary/aromatic N) is 1. The van der Waals surface area contributed by atoms with Crippen molar-refractivity contribution in [3.63, 3.8) is 0 Å². The first-order valence-corrected chi connectivity index (χ1v) is 6.88. The van der Waals surface area contributed by atoms with Crippen LogP contribution in [0.1, 0.15) is 19.3 Å². The van der Waals surface area contributed by atoms with Gasteiger partial charge in [-0.05, 0) is 37.3 Å². The third-order valence-corrected chi connectivity index (χ3v) is 4.44. The zero-order chi connectivity index (χ0) is 12.5. The smallest absolute Gasteiger partial charge is 0.142 e. The van der Waals surface area contributed by atoms with E-state index in [-0.39, 0.29) is 0 Å². The number of benzene rings is 1. The number of para-hydroxylation sites is 2. The summed E-state index contributed by atoms with van der Waals surface area (Å²) in [4.78, 5) is 2.34. The average Bonchev–Trinajstić information content (AvgIpc) is 3.01. The molecule has 3 atom stereocenters. The van der Waals surface area contributed by atoms with Gasteiger partial charge in [-0.3, -0.25) is 0 Å².